The number of allylic oxidation sites excluding steroid dienone is 2. The molecule has 0 radical (unpaired) electrons. The molecule has 0 heterocycles. The van der Waals surface area contributed by atoms with E-state index < -0.39 is 0 Å². The van der Waals surface area contributed by atoms with E-state index in [-0.39, 0.29) is 12.6 Å². The first-order valence-electron chi connectivity index (χ1n) is 6.07. The van der Waals surface area contributed by atoms with Gasteiger partial charge in [-0.1, -0.05) is 23.8 Å². The first kappa shape index (κ1) is 12.5. The monoisotopic (exact) mass is 251 g/mol. The minimum atomic E-state index is 0.126. The number of nitrogens with one attached hydrogen (secondary N) is 1. The SMILES string of the molecule is OCC(Nc1ccc(Cl)cc1)C1CC=CCC1. The lowest BCUT2D eigenvalue weighted by molar-refractivity contribution is 0.230. The summed E-state index contributed by atoms with van der Waals surface area (Å²) in [5.41, 5.74) is 1.02. The predicted octanol–water partition coefficient (Wildman–Crippen LogP) is 3.47. The minimum Gasteiger partial charge on any atom is -0.394 e. The first-order valence-corrected chi connectivity index (χ1v) is 6.45. The summed E-state index contributed by atoms with van der Waals surface area (Å²) in [4.78, 5) is 0. The molecule has 1 aromatic carbocycles. The molecule has 1 aromatic rings. The zero-order chi connectivity index (χ0) is 12.1. The van der Waals surface area contributed by atoms with E-state index in [0.29, 0.717) is 5.92 Å². The third-order valence-corrected chi connectivity index (χ3v) is 3.52. The maximum atomic E-state index is 9.48. The average Bonchev–Trinajstić information content (AvgIpc) is 2.39. The van der Waals surface area contributed by atoms with Gasteiger partial charge in [-0.15, -0.1) is 0 Å². The van der Waals surface area contributed by atoms with Crippen LogP contribution in [0.2, 0.25) is 5.02 Å². The second kappa shape index (κ2) is 6.08. The normalized spacial score (nSPS) is 21.2. The Bertz CT molecular complexity index is 374. The molecule has 92 valence electrons. The summed E-state index contributed by atoms with van der Waals surface area (Å²) in [5.74, 6) is 0.515. The van der Waals surface area contributed by atoms with E-state index in [1.165, 1.54) is 0 Å². The zero-order valence-corrected chi connectivity index (χ0v) is 10.5. The van der Waals surface area contributed by atoms with E-state index >= 15 is 0 Å². The van der Waals surface area contributed by atoms with E-state index in [0.717, 1.165) is 30.0 Å². The Morgan fingerprint density at radius 1 is 1.29 bits per heavy atom. The Kier molecular flexibility index (Phi) is 4.46. The number of aliphatic hydroxyl groups is 1. The van der Waals surface area contributed by atoms with Gasteiger partial charge in [0, 0.05) is 10.7 Å². The molecule has 0 saturated carbocycles. The van der Waals surface area contributed by atoms with Crippen molar-refractivity contribution in [3.8, 4) is 0 Å². The number of aliphatic hydroxyl groups excluding tert-OH is 1. The molecule has 0 saturated heterocycles. The lowest BCUT2D eigenvalue weighted by Gasteiger charge is -2.28. The summed E-state index contributed by atoms with van der Waals surface area (Å²) in [6.45, 7) is 0.168. The lowest BCUT2D eigenvalue weighted by Crippen LogP contribution is -2.33. The van der Waals surface area contributed by atoms with Crippen molar-refractivity contribution in [3.63, 3.8) is 0 Å². The Morgan fingerprint density at radius 3 is 2.65 bits per heavy atom. The largest absolute Gasteiger partial charge is 0.394 e. The Labute approximate surface area is 107 Å². The van der Waals surface area contributed by atoms with Gasteiger partial charge in [0.15, 0.2) is 0 Å². The number of hydrogen-bond acceptors (Lipinski definition) is 2. The molecule has 0 spiro atoms. The highest BCUT2D eigenvalue weighted by atomic mass is 35.5. The highest BCUT2D eigenvalue weighted by Crippen LogP contribution is 2.24. The molecule has 2 rings (SSSR count). The fourth-order valence-electron chi connectivity index (χ4n) is 2.26. The quantitative estimate of drug-likeness (QED) is 0.804. The summed E-state index contributed by atoms with van der Waals surface area (Å²) in [7, 11) is 0. The molecule has 3 heteroatoms. The molecular formula is C14H18ClNO. The zero-order valence-electron chi connectivity index (χ0n) is 9.77. The van der Waals surface area contributed by atoms with Crippen molar-refractivity contribution in [2.24, 2.45) is 5.92 Å². The topological polar surface area (TPSA) is 32.3 Å². The van der Waals surface area contributed by atoms with Crippen LogP contribution in [-0.4, -0.2) is 17.8 Å². The van der Waals surface area contributed by atoms with Crippen molar-refractivity contribution >= 4 is 17.3 Å². The van der Waals surface area contributed by atoms with Gasteiger partial charge in [-0.05, 0) is 49.4 Å². The third-order valence-electron chi connectivity index (χ3n) is 3.27. The number of halogens is 1. The van der Waals surface area contributed by atoms with E-state index in [1.807, 2.05) is 24.3 Å². The molecular weight excluding hydrogens is 234 g/mol. The van der Waals surface area contributed by atoms with E-state index in [1.54, 1.807) is 0 Å². The molecule has 17 heavy (non-hydrogen) atoms. The molecule has 2 unspecified atom stereocenters. The molecule has 0 fully saturated rings. The van der Waals surface area contributed by atoms with Gasteiger partial charge in [0.2, 0.25) is 0 Å². The highest BCUT2D eigenvalue weighted by molar-refractivity contribution is 6.30. The van der Waals surface area contributed by atoms with E-state index in [4.69, 9.17) is 11.6 Å². The predicted molar refractivity (Wildman–Crippen MR) is 72.4 cm³/mol. The maximum Gasteiger partial charge on any atom is 0.0635 e. The van der Waals surface area contributed by atoms with Crippen LogP contribution in [0.25, 0.3) is 0 Å². The molecule has 2 N–H and O–H groups in total. The molecule has 0 amide bonds. The van der Waals surface area contributed by atoms with Crippen LogP contribution < -0.4 is 5.32 Å². The number of benzene rings is 1. The second-order valence-corrected chi connectivity index (χ2v) is 4.92. The van der Waals surface area contributed by atoms with Crippen molar-refractivity contribution in [1.82, 2.24) is 0 Å². The van der Waals surface area contributed by atoms with Gasteiger partial charge in [-0.2, -0.15) is 0 Å². The van der Waals surface area contributed by atoms with Gasteiger partial charge in [0.1, 0.15) is 0 Å². The van der Waals surface area contributed by atoms with Gasteiger partial charge in [0.25, 0.3) is 0 Å². The van der Waals surface area contributed by atoms with Gasteiger partial charge >= 0.3 is 0 Å². The summed E-state index contributed by atoms with van der Waals surface area (Å²) in [6.07, 6.45) is 7.73. The fourth-order valence-corrected chi connectivity index (χ4v) is 2.38. The van der Waals surface area contributed by atoms with Crippen molar-refractivity contribution in [2.75, 3.05) is 11.9 Å². The summed E-state index contributed by atoms with van der Waals surface area (Å²) in [5, 5.41) is 13.6. The van der Waals surface area contributed by atoms with Crippen LogP contribution in [0.5, 0.6) is 0 Å². The van der Waals surface area contributed by atoms with Gasteiger partial charge in [-0.25, -0.2) is 0 Å². The molecule has 0 aliphatic heterocycles. The number of rotatable bonds is 4. The summed E-state index contributed by atoms with van der Waals surface area (Å²) in [6, 6.07) is 7.74. The Morgan fingerprint density at radius 2 is 2.06 bits per heavy atom. The third kappa shape index (κ3) is 3.48. The Balaban J connectivity index is 1.99. The smallest absolute Gasteiger partial charge is 0.0635 e. The molecule has 0 aromatic heterocycles. The van der Waals surface area contributed by atoms with Crippen molar-refractivity contribution in [1.29, 1.82) is 0 Å². The number of hydrogen-bond donors (Lipinski definition) is 2. The van der Waals surface area contributed by atoms with Gasteiger partial charge in [0.05, 0.1) is 12.6 Å². The maximum absolute atomic E-state index is 9.48. The summed E-state index contributed by atoms with van der Waals surface area (Å²) >= 11 is 5.84. The minimum absolute atomic E-state index is 0.126. The molecule has 1 aliphatic rings. The van der Waals surface area contributed by atoms with Crippen molar-refractivity contribution in [2.45, 2.75) is 25.3 Å². The van der Waals surface area contributed by atoms with Gasteiger partial charge in [-0.3, -0.25) is 0 Å². The highest BCUT2D eigenvalue weighted by Gasteiger charge is 2.20. The van der Waals surface area contributed by atoms with Crippen LogP contribution in [0.1, 0.15) is 19.3 Å². The van der Waals surface area contributed by atoms with Crippen LogP contribution in [-0.2, 0) is 0 Å². The van der Waals surface area contributed by atoms with Crippen LogP contribution in [0, 0.1) is 5.92 Å². The van der Waals surface area contributed by atoms with Crippen molar-refractivity contribution in [3.05, 3.63) is 41.4 Å². The molecule has 2 nitrogen and oxygen atoms in total. The van der Waals surface area contributed by atoms with E-state index in [9.17, 15) is 5.11 Å². The fraction of sp³-hybridized carbons (Fsp3) is 0.429. The Hall–Kier alpha value is -0.990. The molecule has 0 bridgehead atoms. The van der Waals surface area contributed by atoms with Gasteiger partial charge < -0.3 is 10.4 Å². The van der Waals surface area contributed by atoms with Crippen LogP contribution in [0.4, 0.5) is 5.69 Å². The summed E-state index contributed by atoms with van der Waals surface area (Å²) < 4.78 is 0. The molecule has 2 atom stereocenters. The lowest BCUT2D eigenvalue weighted by atomic mass is 9.88. The van der Waals surface area contributed by atoms with Crippen molar-refractivity contribution < 1.29 is 5.11 Å². The molecule has 1 aliphatic carbocycles. The first-order chi connectivity index (χ1) is 8.29. The van der Waals surface area contributed by atoms with Crippen LogP contribution in [0.3, 0.4) is 0 Å². The second-order valence-electron chi connectivity index (χ2n) is 4.48. The van der Waals surface area contributed by atoms with Crippen LogP contribution >= 0.6 is 11.6 Å². The average molecular weight is 252 g/mol. The number of anilines is 1. The van der Waals surface area contributed by atoms with E-state index in [2.05, 4.69) is 17.5 Å². The standard InChI is InChI=1S/C14H18ClNO/c15-12-6-8-13(9-7-12)16-14(10-17)11-4-2-1-3-5-11/h1-2,6-9,11,14,16-17H,3-5,10H2. The van der Waals surface area contributed by atoms with Crippen LogP contribution in [0.15, 0.2) is 36.4 Å².